The van der Waals surface area contributed by atoms with Crippen LogP contribution in [0.15, 0.2) is 27.4 Å². The van der Waals surface area contributed by atoms with Gasteiger partial charge in [0, 0.05) is 25.3 Å². The third-order valence-electron chi connectivity index (χ3n) is 3.16. The Morgan fingerprint density at radius 1 is 1.14 bits per heavy atom. The van der Waals surface area contributed by atoms with Gasteiger partial charge in [0.1, 0.15) is 5.76 Å². The molecule has 0 spiro atoms. The third kappa shape index (κ3) is 3.03. The van der Waals surface area contributed by atoms with Gasteiger partial charge in [-0.2, -0.15) is 0 Å². The second-order valence-corrected chi connectivity index (χ2v) is 4.63. The van der Waals surface area contributed by atoms with Crippen LogP contribution >= 0.6 is 0 Å². The minimum atomic E-state index is -0.714. The minimum absolute atomic E-state index is 0.0996. The first kappa shape index (κ1) is 16.2. The summed E-state index contributed by atoms with van der Waals surface area (Å²) in [5.41, 5.74) is 0.954. The number of ether oxygens (including phenoxy) is 3. The van der Waals surface area contributed by atoms with E-state index in [9.17, 15) is 9.59 Å². The first-order valence-electron chi connectivity index (χ1n) is 6.86. The molecule has 0 fully saturated rings. The molecule has 0 bridgehead atoms. The molecule has 6 nitrogen and oxygen atoms in total. The monoisotopic (exact) mass is 306 g/mol. The van der Waals surface area contributed by atoms with Gasteiger partial charge in [0.25, 0.3) is 0 Å². The molecule has 0 atom stereocenters. The maximum absolute atomic E-state index is 12.1. The summed E-state index contributed by atoms with van der Waals surface area (Å²) in [6.07, 6.45) is 0. The van der Waals surface area contributed by atoms with Crippen molar-refractivity contribution in [2.75, 3.05) is 20.8 Å². The molecular weight excluding hydrogens is 288 g/mol. The Hall–Kier alpha value is -2.18. The highest BCUT2D eigenvalue weighted by molar-refractivity contribution is 5.98. The molecule has 22 heavy (non-hydrogen) atoms. The van der Waals surface area contributed by atoms with E-state index in [2.05, 4.69) is 0 Å². The Labute approximate surface area is 127 Å². The molecule has 0 saturated carbocycles. The topological polar surface area (TPSA) is 75.0 Å². The first-order chi connectivity index (χ1) is 10.6. The molecule has 0 aromatic carbocycles. The van der Waals surface area contributed by atoms with Gasteiger partial charge in [-0.15, -0.1) is 0 Å². The van der Waals surface area contributed by atoms with Gasteiger partial charge in [-0.3, -0.25) is 0 Å². The second-order valence-electron chi connectivity index (χ2n) is 4.63. The predicted octanol–water partition coefficient (Wildman–Crippen LogP) is 2.21. The lowest BCUT2D eigenvalue weighted by Crippen LogP contribution is -2.14. The number of esters is 1. The van der Waals surface area contributed by atoms with Gasteiger partial charge in [-0.1, -0.05) is 18.2 Å². The molecule has 118 valence electrons. The quantitative estimate of drug-likeness (QED) is 0.762. The summed E-state index contributed by atoms with van der Waals surface area (Å²) in [6, 6.07) is 5.36. The summed E-state index contributed by atoms with van der Waals surface area (Å²) in [4.78, 5) is 24.2. The molecular formula is C16H18O6. The zero-order valence-electron chi connectivity index (χ0n) is 12.8. The molecule has 2 rings (SSSR count). The third-order valence-corrected chi connectivity index (χ3v) is 3.16. The Bertz CT molecular complexity index is 688. The van der Waals surface area contributed by atoms with E-state index in [1.807, 2.05) is 0 Å². The number of hydrogen-bond acceptors (Lipinski definition) is 6. The Morgan fingerprint density at radius 3 is 2.41 bits per heavy atom. The number of carbonyl (C=O) groups is 1. The fraction of sp³-hybridized carbons (Fsp3) is 0.375. The van der Waals surface area contributed by atoms with E-state index in [1.54, 1.807) is 32.2 Å². The van der Waals surface area contributed by atoms with E-state index in [4.69, 9.17) is 18.6 Å². The first-order valence-corrected chi connectivity index (χ1v) is 6.86. The number of methoxy groups -OCH3 is 2. The smallest absolute Gasteiger partial charge is 0.351 e. The fourth-order valence-electron chi connectivity index (χ4n) is 2.32. The average molecular weight is 306 g/mol. The van der Waals surface area contributed by atoms with Crippen molar-refractivity contribution in [2.24, 2.45) is 0 Å². The van der Waals surface area contributed by atoms with Gasteiger partial charge in [0.15, 0.2) is 5.56 Å². The van der Waals surface area contributed by atoms with Crippen LogP contribution in [0.2, 0.25) is 0 Å². The van der Waals surface area contributed by atoms with Crippen LogP contribution < -0.4 is 5.63 Å². The van der Waals surface area contributed by atoms with Gasteiger partial charge >= 0.3 is 11.6 Å². The second kappa shape index (κ2) is 7.20. The molecule has 0 N–H and O–H groups in total. The standard InChI is InChI=1S/C16H18O6/c1-4-21-15(17)13-12-10(8-19-2)6-5-7-11(9-20-3)14(12)22-16(13)18/h5-7H,4,8-9H2,1-3H3. The van der Waals surface area contributed by atoms with Gasteiger partial charge in [0.2, 0.25) is 0 Å². The zero-order valence-corrected chi connectivity index (χ0v) is 12.8. The highest BCUT2D eigenvalue weighted by Gasteiger charge is 2.29. The Balaban J connectivity index is 2.73. The molecule has 1 heterocycles. The molecule has 2 aliphatic rings. The number of furan rings is 1. The van der Waals surface area contributed by atoms with Crippen LogP contribution in [0.5, 0.6) is 0 Å². The van der Waals surface area contributed by atoms with Crippen molar-refractivity contribution in [1.82, 2.24) is 0 Å². The summed E-state index contributed by atoms with van der Waals surface area (Å²) in [7, 11) is 3.08. The Kier molecular flexibility index (Phi) is 5.30. The molecule has 0 aromatic heterocycles. The van der Waals surface area contributed by atoms with Crippen LogP contribution in [0.25, 0.3) is 11.3 Å². The van der Waals surface area contributed by atoms with Crippen molar-refractivity contribution in [3.05, 3.63) is 45.3 Å². The van der Waals surface area contributed by atoms with E-state index in [0.29, 0.717) is 22.5 Å². The molecule has 1 aliphatic carbocycles. The molecule has 0 amide bonds. The molecule has 6 heteroatoms. The van der Waals surface area contributed by atoms with Crippen molar-refractivity contribution >= 4 is 5.97 Å². The lowest BCUT2D eigenvalue weighted by atomic mass is 10.0. The van der Waals surface area contributed by atoms with E-state index in [-0.39, 0.29) is 25.4 Å². The molecule has 0 unspecified atom stereocenters. The maximum Gasteiger partial charge on any atom is 0.351 e. The van der Waals surface area contributed by atoms with Gasteiger partial charge in [-0.25, -0.2) is 9.59 Å². The van der Waals surface area contributed by atoms with Crippen LogP contribution in [0, 0.1) is 0 Å². The lowest BCUT2D eigenvalue weighted by Gasteiger charge is -2.06. The fourth-order valence-corrected chi connectivity index (χ4v) is 2.32. The van der Waals surface area contributed by atoms with Crippen LogP contribution in [-0.4, -0.2) is 26.8 Å². The van der Waals surface area contributed by atoms with Crippen molar-refractivity contribution in [1.29, 1.82) is 0 Å². The van der Waals surface area contributed by atoms with E-state index in [0.717, 1.165) is 0 Å². The number of rotatable bonds is 6. The average Bonchev–Trinajstić information content (AvgIpc) is 2.74. The SMILES string of the molecule is CCOC(=O)c1c2c(COC)cccc(COC)c-2oc1=O. The van der Waals surface area contributed by atoms with Crippen LogP contribution in [-0.2, 0) is 27.4 Å². The van der Waals surface area contributed by atoms with Crippen LogP contribution in [0.3, 0.4) is 0 Å². The highest BCUT2D eigenvalue weighted by Crippen LogP contribution is 2.32. The summed E-state index contributed by atoms with van der Waals surface area (Å²) >= 11 is 0. The van der Waals surface area contributed by atoms with Gasteiger partial charge < -0.3 is 18.6 Å². The summed E-state index contributed by atoms with van der Waals surface area (Å²) in [5, 5.41) is 0. The predicted molar refractivity (Wildman–Crippen MR) is 79.0 cm³/mol. The van der Waals surface area contributed by atoms with Gasteiger partial charge in [-0.05, 0) is 12.5 Å². The normalized spacial score (nSPS) is 10.9. The largest absolute Gasteiger partial charge is 0.462 e. The lowest BCUT2D eigenvalue weighted by molar-refractivity contribution is 0.0524. The Morgan fingerprint density at radius 2 is 1.77 bits per heavy atom. The summed E-state index contributed by atoms with van der Waals surface area (Å²) < 4.78 is 20.6. The molecule has 0 aromatic rings. The van der Waals surface area contributed by atoms with Crippen LogP contribution in [0.1, 0.15) is 28.4 Å². The van der Waals surface area contributed by atoms with Gasteiger partial charge in [0.05, 0.1) is 19.8 Å². The summed E-state index contributed by atoms with van der Waals surface area (Å²) in [6.45, 7) is 2.35. The highest BCUT2D eigenvalue weighted by atomic mass is 16.5. The van der Waals surface area contributed by atoms with Crippen molar-refractivity contribution in [3.63, 3.8) is 0 Å². The maximum atomic E-state index is 12.1. The minimum Gasteiger partial charge on any atom is -0.462 e. The van der Waals surface area contributed by atoms with Crippen molar-refractivity contribution in [3.8, 4) is 11.3 Å². The number of hydrogen-bond donors (Lipinski definition) is 0. The molecule has 0 saturated heterocycles. The van der Waals surface area contributed by atoms with E-state index < -0.39 is 11.6 Å². The van der Waals surface area contributed by atoms with E-state index in [1.165, 1.54) is 7.11 Å². The molecule has 1 aliphatic heterocycles. The molecule has 0 radical (unpaired) electrons. The number of carbonyl (C=O) groups excluding carboxylic acids is 1. The number of fused-ring (bicyclic) bond motifs is 1. The van der Waals surface area contributed by atoms with Crippen molar-refractivity contribution in [2.45, 2.75) is 20.1 Å². The summed E-state index contributed by atoms with van der Waals surface area (Å²) in [5.74, 6) is -0.370. The van der Waals surface area contributed by atoms with E-state index >= 15 is 0 Å². The zero-order chi connectivity index (χ0) is 16.1. The van der Waals surface area contributed by atoms with Crippen molar-refractivity contribution < 1.29 is 23.4 Å². The van der Waals surface area contributed by atoms with Crippen LogP contribution in [0.4, 0.5) is 0 Å².